The number of allylic oxidation sites excluding steroid dienone is 1. The molecule has 2 rings (SSSR count). The fraction of sp³-hybridized carbons (Fsp3) is 0.333. The van der Waals surface area contributed by atoms with Crippen molar-refractivity contribution in [3.05, 3.63) is 47.7 Å². The summed E-state index contributed by atoms with van der Waals surface area (Å²) in [5.74, 6) is 0. The van der Waals surface area contributed by atoms with E-state index in [-0.39, 0.29) is 0 Å². The van der Waals surface area contributed by atoms with Crippen molar-refractivity contribution in [3.63, 3.8) is 0 Å². The third-order valence-electron chi connectivity index (χ3n) is 2.60. The maximum absolute atomic E-state index is 3.41. The van der Waals surface area contributed by atoms with Crippen molar-refractivity contribution in [1.29, 1.82) is 0 Å². The van der Waals surface area contributed by atoms with Gasteiger partial charge in [0.25, 0.3) is 0 Å². The summed E-state index contributed by atoms with van der Waals surface area (Å²) in [5, 5.41) is 3.41. The van der Waals surface area contributed by atoms with Crippen LogP contribution in [0, 0.1) is 0 Å². The predicted octanol–water partition coefficient (Wildman–Crippen LogP) is 2.80. The topological polar surface area (TPSA) is 12.0 Å². The Morgan fingerprint density at radius 3 is 3.08 bits per heavy atom. The van der Waals surface area contributed by atoms with Gasteiger partial charge in [-0.3, -0.25) is 0 Å². The van der Waals surface area contributed by atoms with Gasteiger partial charge in [-0.15, -0.1) is 0 Å². The van der Waals surface area contributed by atoms with Crippen molar-refractivity contribution in [3.8, 4) is 0 Å². The molecule has 1 heteroatoms. The van der Waals surface area contributed by atoms with Crippen LogP contribution >= 0.6 is 0 Å². The minimum Gasteiger partial charge on any atom is -0.384 e. The molecule has 0 radical (unpaired) electrons. The Morgan fingerprint density at radius 2 is 2.23 bits per heavy atom. The molecule has 1 aromatic rings. The lowest BCUT2D eigenvalue weighted by Gasteiger charge is -2.10. The first-order valence-corrected chi connectivity index (χ1v) is 4.87. The molecule has 0 spiro atoms. The Balaban J connectivity index is 2.18. The molecule has 0 fully saturated rings. The second-order valence-corrected chi connectivity index (χ2v) is 3.46. The van der Waals surface area contributed by atoms with Crippen molar-refractivity contribution in [2.24, 2.45) is 0 Å². The SMILES string of the molecule is C/C=C\NC1CCc2ccccc21. The van der Waals surface area contributed by atoms with Gasteiger partial charge in [0.2, 0.25) is 0 Å². The van der Waals surface area contributed by atoms with Crippen LogP contribution in [-0.2, 0) is 6.42 Å². The summed E-state index contributed by atoms with van der Waals surface area (Å²) in [6.07, 6.45) is 6.52. The number of hydrogen-bond donors (Lipinski definition) is 1. The Labute approximate surface area is 79.5 Å². The first-order chi connectivity index (χ1) is 6.42. The molecular formula is C12H15N. The van der Waals surface area contributed by atoms with E-state index in [2.05, 4.69) is 29.6 Å². The van der Waals surface area contributed by atoms with E-state index in [9.17, 15) is 0 Å². The minimum absolute atomic E-state index is 0.535. The monoisotopic (exact) mass is 173 g/mol. The molecule has 0 saturated heterocycles. The summed E-state index contributed by atoms with van der Waals surface area (Å²) >= 11 is 0. The summed E-state index contributed by atoms with van der Waals surface area (Å²) < 4.78 is 0. The highest BCUT2D eigenvalue weighted by atomic mass is 14.9. The summed E-state index contributed by atoms with van der Waals surface area (Å²) in [5.41, 5.74) is 2.98. The van der Waals surface area contributed by atoms with E-state index in [1.165, 1.54) is 24.0 Å². The molecule has 13 heavy (non-hydrogen) atoms. The van der Waals surface area contributed by atoms with Gasteiger partial charge in [-0.25, -0.2) is 0 Å². The van der Waals surface area contributed by atoms with Crippen LogP contribution < -0.4 is 5.32 Å². The van der Waals surface area contributed by atoms with Gasteiger partial charge in [-0.1, -0.05) is 30.3 Å². The fourth-order valence-corrected chi connectivity index (χ4v) is 1.94. The molecule has 0 aromatic heterocycles. The number of aryl methyl sites for hydroxylation is 1. The largest absolute Gasteiger partial charge is 0.384 e. The van der Waals surface area contributed by atoms with E-state index < -0.39 is 0 Å². The van der Waals surface area contributed by atoms with Gasteiger partial charge in [0, 0.05) is 0 Å². The highest BCUT2D eigenvalue weighted by molar-refractivity contribution is 5.34. The Kier molecular flexibility index (Phi) is 2.35. The van der Waals surface area contributed by atoms with E-state index >= 15 is 0 Å². The molecule has 1 atom stereocenters. The van der Waals surface area contributed by atoms with Crippen LogP contribution in [0.2, 0.25) is 0 Å². The second kappa shape index (κ2) is 3.65. The Morgan fingerprint density at radius 1 is 1.38 bits per heavy atom. The molecule has 1 aliphatic rings. The molecule has 1 N–H and O–H groups in total. The molecule has 0 saturated carbocycles. The Hall–Kier alpha value is -1.24. The second-order valence-electron chi connectivity index (χ2n) is 3.46. The van der Waals surface area contributed by atoms with Crippen molar-refractivity contribution in [1.82, 2.24) is 5.32 Å². The van der Waals surface area contributed by atoms with Gasteiger partial charge in [0.1, 0.15) is 0 Å². The molecular weight excluding hydrogens is 158 g/mol. The molecule has 1 aliphatic carbocycles. The van der Waals surface area contributed by atoms with Gasteiger partial charge in [0.05, 0.1) is 6.04 Å². The molecule has 0 bridgehead atoms. The molecule has 0 amide bonds. The van der Waals surface area contributed by atoms with Crippen LogP contribution in [0.15, 0.2) is 36.5 Å². The average Bonchev–Trinajstić information content (AvgIpc) is 2.58. The number of rotatable bonds is 2. The molecule has 0 heterocycles. The maximum Gasteiger partial charge on any atom is 0.0514 e. The van der Waals surface area contributed by atoms with Crippen LogP contribution in [0.25, 0.3) is 0 Å². The summed E-state index contributed by atoms with van der Waals surface area (Å²) in [7, 11) is 0. The fourth-order valence-electron chi connectivity index (χ4n) is 1.94. The first kappa shape index (κ1) is 8.36. The molecule has 1 nitrogen and oxygen atoms in total. The van der Waals surface area contributed by atoms with Gasteiger partial charge in [0.15, 0.2) is 0 Å². The van der Waals surface area contributed by atoms with Crippen LogP contribution in [-0.4, -0.2) is 0 Å². The zero-order valence-electron chi connectivity index (χ0n) is 7.96. The van der Waals surface area contributed by atoms with Crippen LogP contribution in [0.3, 0.4) is 0 Å². The van der Waals surface area contributed by atoms with E-state index in [1.54, 1.807) is 0 Å². The van der Waals surface area contributed by atoms with Crippen molar-refractivity contribution >= 4 is 0 Å². The van der Waals surface area contributed by atoms with Crippen LogP contribution in [0.1, 0.15) is 30.5 Å². The normalized spacial score (nSPS) is 20.5. The lowest BCUT2D eigenvalue weighted by molar-refractivity contribution is 0.616. The summed E-state index contributed by atoms with van der Waals surface area (Å²) in [6.45, 7) is 2.04. The van der Waals surface area contributed by atoms with Crippen LogP contribution in [0.4, 0.5) is 0 Å². The molecule has 0 aliphatic heterocycles. The van der Waals surface area contributed by atoms with Crippen molar-refractivity contribution in [2.75, 3.05) is 0 Å². The molecule has 68 valence electrons. The lowest BCUT2D eigenvalue weighted by Crippen LogP contribution is -2.11. The summed E-state index contributed by atoms with van der Waals surface area (Å²) in [4.78, 5) is 0. The standard InChI is InChI=1S/C12H15N/c1-2-9-13-12-8-7-10-5-3-4-6-11(10)12/h2-6,9,12-13H,7-8H2,1H3/b9-2-. The smallest absolute Gasteiger partial charge is 0.0514 e. The van der Waals surface area contributed by atoms with Gasteiger partial charge >= 0.3 is 0 Å². The van der Waals surface area contributed by atoms with Gasteiger partial charge in [-0.05, 0) is 37.1 Å². The molecule has 1 unspecified atom stereocenters. The Bertz CT molecular complexity index is 315. The number of fused-ring (bicyclic) bond motifs is 1. The van der Waals surface area contributed by atoms with E-state index in [1.807, 2.05) is 19.2 Å². The highest BCUT2D eigenvalue weighted by Gasteiger charge is 2.19. The number of nitrogens with one attached hydrogen (secondary N) is 1. The van der Waals surface area contributed by atoms with E-state index in [0.717, 1.165) is 0 Å². The lowest BCUT2D eigenvalue weighted by atomic mass is 10.1. The maximum atomic E-state index is 3.41. The molecule has 1 aromatic carbocycles. The van der Waals surface area contributed by atoms with Crippen molar-refractivity contribution in [2.45, 2.75) is 25.8 Å². The number of benzene rings is 1. The zero-order valence-corrected chi connectivity index (χ0v) is 7.96. The quantitative estimate of drug-likeness (QED) is 0.725. The number of hydrogen-bond acceptors (Lipinski definition) is 1. The van der Waals surface area contributed by atoms with Gasteiger partial charge in [-0.2, -0.15) is 0 Å². The van der Waals surface area contributed by atoms with Crippen molar-refractivity contribution < 1.29 is 0 Å². The van der Waals surface area contributed by atoms with Gasteiger partial charge < -0.3 is 5.32 Å². The summed E-state index contributed by atoms with van der Waals surface area (Å²) in [6, 6.07) is 9.23. The minimum atomic E-state index is 0.535. The first-order valence-electron chi connectivity index (χ1n) is 4.87. The van der Waals surface area contributed by atoms with E-state index in [4.69, 9.17) is 0 Å². The average molecular weight is 173 g/mol. The van der Waals surface area contributed by atoms with Crippen LogP contribution in [0.5, 0.6) is 0 Å². The van der Waals surface area contributed by atoms with E-state index in [0.29, 0.717) is 6.04 Å². The predicted molar refractivity (Wildman–Crippen MR) is 55.5 cm³/mol. The third-order valence-corrected chi connectivity index (χ3v) is 2.60. The third kappa shape index (κ3) is 1.59. The zero-order chi connectivity index (χ0) is 9.10. The highest BCUT2D eigenvalue weighted by Crippen LogP contribution is 2.30.